The Morgan fingerprint density at radius 3 is 2.92 bits per heavy atom. The van der Waals surface area contributed by atoms with E-state index >= 15 is 0 Å². The van der Waals surface area contributed by atoms with Crippen molar-refractivity contribution in [2.75, 3.05) is 10.6 Å². The van der Waals surface area contributed by atoms with E-state index in [-0.39, 0.29) is 0 Å². The standard InChI is InChI=1S/C16H14N6O3/c1-8-5-13(21-22-7-9(2)17-14(8)22)20-15(23)18-10-3-4-11-12(6-10)25-16(24)19-11/h3-7H,1-2H3,(H,19,24)(H2,18,20,21,23). The number of H-pyrrole nitrogens is 1. The molecule has 0 aliphatic carbocycles. The van der Waals surface area contributed by atoms with E-state index in [0.717, 1.165) is 16.9 Å². The van der Waals surface area contributed by atoms with Crippen LogP contribution >= 0.6 is 0 Å². The van der Waals surface area contributed by atoms with Crippen molar-refractivity contribution in [1.82, 2.24) is 19.6 Å². The van der Waals surface area contributed by atoms with Crippen molar-refractivity contribution in [1.29, 1.82) is 0 Å². The largest absolute Gasteiger partial charge is 0.417 e. The lowest BCUT2D eigenvalue weighted by Gasteiger charge is -2.08. The average Bonchev–Trinajstić information content (AvgIpc) is 3.08. The van der Waals surface area contributed by atoms with Gasteiger partial charge in [0.1, 0.15) is 0 Å². The molecular formula is C16H14N6O3. The minimum Gasteiger partial charge on any atom is -0.408 e. The lowest BCUT2D eigenvalue weighted by atomic mass is 10.3. The van der Waals surface area contributed by atoms with E-state index < -0.39 is 11.8 Å². The second kappa shape index (κ2) is 5.48. The molecule has 0 atom stereocenters. The summed E-state index contributed by atoms with van der Waals surface area (Å²) in [6, 6.07) is 6.16. The predicted octanol–water partition coefficient (Wildman–Crippen LogP) is 2.42. The molecule has 0 aliphatic rings. The maximum absolute atomic E-state index is 12.2. The number of hydrogen-bond acceptors (Lipinski definition) is 5. The second-order valence-electron chi connectivity index (χ2n) is 5.67. The number of oxazole rings is 1. The van der Waals surface area contributed by atoms with Crippen LogP contribution in [-0.2, 0) is 0 Å². The summed E-state index contributed by atoms with van der Waals surface area (Å²) in [6.45, 7) is 3.78. The van der Waals surface area contributed by atoms with Gasteiger partial charge in [0, 0.05) is 11.8 Å². The maximum atomic E-state index is 12.2. The van der Waals surface area contributed by atoms with Crippen LogP contribution in [0.15, 0.2) is 39.7 Å². The van der Waals surface area contributed by atoms with Crippen LogP contribution < -0.4 is 16.4 Å². The number of anilines is 2. The van der Waals surface area contributed by atoms with Gasteiger partial charge in [0.15, 0.2) is 17.0 Å². The van der Waals surface area contributed by atoms with Crippen LogP contribution in [-0.4, -0.2) is 25.6 Å². The number of aromatic nitrogens is 4. The smallest absolute Gasteiger partial charge is 0.408 e. The molecule has 126 valence electrons. The highest BCUT2D eigenvalue weighted by atomic mass is 16.4. The fraction of sp³-hybridized carbons (Fsp3) is 0.125. The van der Waals surface area contributed by atoms with Gasteiger partial charge < -0.3 is 9.73 Å². The van der Waals surface area contributed by atoms with Crippen molar-refractivity contribution >= 4 is 34.3 Å². The van der Waals surface area contributed by atoms with Crippen LogP contribution in [0, 0.1) is 13.8 Å². The summed E-state index contributed by atoms with van der Waals surface area (Å²) in [7, 11) is 0. The van der Waals surface area contributed by atoms with Gasteiger partial charge in [0.25, 0.3) is 0 Å². The fourth-order valence-corrected chi connectivity index (χ4v) is 2.61. The molecule has 3 N–H and O–H groups in total. The van der Waals surface area contributed by atoms with Crippen LogP contribution in [0.3, 0.4) is 0 Å². The minimum atomic E-state index is -0.541. The van der Waals surface area contributed by atoms with E-state index in [9.17, 15) is 9.59 Å². The number of fused-ring (bicyclic) bond motifs is 2. The lowest BCUT2D eigenvalue weighted by Crippen LogP contribution is -2.20. The van der Waals surface area contributed by atoms with Gasteiger partial charge in [0.05, 0.1) is 17.4 Å². The molecule has 0 spiro atoms. The van der Waals surface area contributed by atoms with Gasteiger partial charge in [0.2, 0.25) is 0 Å². The van der Waals surface area contributed by atoms with Crippen molar-refractivity contribution in [3.8, 4) is 0 Å². The van der Waals surface area contributed by atoms with Crippen LogP contribution in [0.4, 0.5) is 16.3 Å². The maximum Gasteiger partial charge on any atom is 0.417 e. The minimum absolute atomic E-state index is 0.368. The highest BCUT2D eigenvalue weighted by Crippen LogP contribution is 2.17. The monoisotopic (exact) mass is 338 g/mol. The van der Waals surface area contributed by atoms with Crippen LogP contribution in [0.1, 0.15) is 11.3 Å². The first-order chi connectivity index (χ1) is 12.0. The number of nitrogens with zero attached hydrogens (tertiary/aromatic N) is 3. The Morgan fingerprint density at radius 1 is 1.24 bits per heavy atom. The third-order valence-electron chi connectivity index (χ3n) is 3.65. The average molecular weight is 338 g/mol. The molecule has 3 aromatic heterocycles. The first-order valence-electron chi connectivity index (χ1n) is 7.52. The molecule has 0 saturated carbocycles. The van der Waals surface area contributed by atoms with Gasteiger partial charge in [-0.25, -0.2) is 19.1 Å². The molecule has 0 aliphatic heterocycles. The highest BCUT2D eigenvalue weighted by Gasteiger charge is 2.09. The molecule has 4 rings (SSSR count). The van der Waals surface area contributed by atoms with Crippen molar-refractivity contribution < 1.29 is 9.21 Å². The quantitative estimate of drug-likeness (QED) is 0.519. The number of imidazole rings is 1. The van der Waals surface area contributed by atoms with E-state index in [0.29, 0.717) is 22.6 Å². The molecule has 0 bridgehead atoms. The Morgan fingerprint density at radius 2 is 2.08 bits per heavy atom. The molecule has 9 heteroatoms. The first-order valence-corrected chi connectivity index (χ1v) is 7.52. The summed E-state index contributed by atoms with van der Waals surface area (Å²) >= 11 is 0. The van der Waals surface area contributed by atoms with Gasteiger partial charge in [-0.15, -0.1) is 5.10 Å². The third kappa shape index (κ3) is 2.82. The number of hydrogen-bond donors (Lipinski definition) is 3. The normalized spacial score (nSPS) is 11.1. The summed E-state index contributed by atoms with van der Waals surface area (Å²) < 4.78 is 6.59. The summed E-state index contributed by atoms with van der Waals surface area (Å²) in [4.78, 5) is 30.3. The number of amides is 2. The van der Waals surface area contributed by atoms with Gasteiger partial charge in [-0.2, -0.15) is 0 Å². The van der Waals surface area contributed by atoms with Gasteiger partial charge in [-0.1, -0.05) is 0 Å². The van der Waals surface area contributed by atoms with Gasteiger partial charge >= 0.3 is 11.8 Å². The number of nitrogens with one attached hydrogen (secondary N) is 3. The van der Waals surface area contributed by atoms with Crippen molar-refractivity contribution in [2.24, 2.45) is 0 Å². The summed E-state index contributed by atoms with van der Waals surface area (Å²) in [5.41, 5.74) is 3.91. The molecule has 0 fully saturated rings. The van der Waals surface area contributed by atoms with E-state index in [4.69, 9.17) is 4.42 Å². The number of urea groups is 1. The predicted molar refractivity (Wildman–Crippen MR) is 91.9 cm³/mol. The Kier molecular flexibility index (Phi) is 3.27. The summed E-state index contributed by atoms with van der Waals surface area (Å²) in [6.07, 6.45) is 1.78. The number of rotatable bonds is 2. The fourth-order valence-electron chi connectivity index (χ4n) is 2.61. The van der Waals surface area contributed by atoms with Crippen LogP contribution in [0.25, 0.3) is 16.7 Å². The lowest BCUT2D eigenvalue weighted by molar-refractivity contribution is 0.262. The molecule has 0 radical (unpaired) electrons. The molecule has 2 amide bonds. The number of aromatic amines is 1. The molecule has 0 saturated heterocycles. The van der Waals surface area contributed by atoms with Crippen molar-refractivity contribution in [2.45, 2.75) is 13.8 Å². The molecule has 1 aromatic carbocycles. The van der Waals surface area contributed by atoms with Crippen LogP contribution in [0.5, 0.6) is 0 Å². The zero-order chi connectivity index (χ0) is 17.6. The van der Waals surface area contributed by atoms with Gasteiger partial charge in [-0.05, 0) is 37.6 Å². The summed E-state index contributed by atoms with van der Waals surface area (Å²) in [5.74, 6) is -0.144. The van der Waals surface area contributed by atoms with Crippen molar-refractivity contribution in [3.63, 3.8) is 0 Å². The summed E-state index contributed by atoms with van der Waals surface area (Å²) in [5, 5.41) is 9.66. The molecule has 25 heavy (non-hydrogen) atoms. The zero-order valence-electron chi connectivity index (χ0n) is 13.5. The third-order valence-corrected chi connectivity index (χ3v) is 3.65. The Bertz CT molecular complexity index is 1170. The van der Waals surface area contributed by atoms with E-state index in [1.54, 1.807) is 35.0 Å². The number of aryl methyl sites for hydroxylation is 2. The number of benzene rings is 1. The van der Waals surface area contributed by atoms with Crippen molar-refractivity contribution in [3.05, 3.63) is 52.3 Å². The van der Waals surface area contributed by atoms with E-state index in [1.807, 2.05) is 13.8 Å². The molecule has 3 heterocycles. The first kappa shape index (κ1) is 14.9. The Labute approximate surface area is 140 Å². The zero-order valence-corrected chi connectivity index (χ0v) is 13.5. The van der Waals surface area contributed by atoms with Gasteiger partial charge in [-0.3, -0.25) is 10.3 Å². The number of carbonyl (C=O) groups excluding carboxylic acids is 1. The SMILES string of the molecule is Cc1cn2nc(NC(=O)Nc3ccc4[nH]c(=O)oc4c3)cc(C)c2n1. The molecular weight excluding hydrogens is 324 g/mol. The van der Waals surface area contributed by atoms with E-state index in [1.165, 1.54) is 0 Å². The number of carbonyl (C=O) groups is 1. The highest BCUT2D eigenvalue weighted by molar-refractivity contribution is 6.00. The molecule has 4 aromatic rings. The second-order valence-corrected chi connectivity index (χ2v) is 5.67. The van der Waals surface area contributed by atoms with E-state index in [2.05, 4.69) is 25.7 Å². The topological polar surface area (TPSA) is 117 Å². The molecule has 9 nitrogen and oxygen atoms in total. The van der Waals surface area contributed by atoms with Crippen LogP contribution in [0.2, 0.25) is 0 Å². The Hall–Kier alpha value is -3.62. The molecule has 0 unspecified atom stereocenters. The Balaban J connectivity index is 1.55.